The van der Waals surface area contributed by atoms with Crippen LogP contribution in [0.5, 0.6) is 5.88 Å². The van der Waals surface area contributed by atoms with Gasteiger partial charge in [0.1, 0.15) is 12.0 Å². The molecule has 1 aromatic heterocycles. The minimum Gasteiger partial charge on any atom is -0.492 e. The molecule has 0 aliphatic heterocycles. The van der Waals surface area contributed by atoms with E-state index < -0.39 is 5.91 Å². The van der Waals surface area contributed by atoms with Gasteiger partial charge in [-0.2, -0.15) is 0 Å². The molecule has 2 aromatic rings. The van der Waals surface area contributed by atoms with Crippen LogP contribution in [-0.2, 0) is 0 Å². The van der Waals surface area contributed by atoms with E-state index in [1.165, 1.54) is 12.5 Å². The number of nitrogen functional groups attached to an aromatic ring is 1. The van der Waals surface area contributed by atoms with Gasteiger partial charge < -0.3 is 16.2 Å². The molecule has 86 valence electrons. The van der Waals surface area contributed by atoms with E-state index in [0.29, 0.717) is 11.3 Å². The molecule has 6 heteroatoms. The lowest BCUT2D eigenvalue weighted by Gasteiger charge is -2.07. The molecule has 1 aromatic carbocycles. The fraction of sp³-hybridized carbons (Fsp3) is 0. The van der Waals surface area contributed by atoms with Gasteiger partial charge in [0.05, 0.1) is 11.8 Å². The molecule has 0 unspecified atom stereocenters. The van der Waals surface area contributed by atoms with Crippen LogP contribution in [0.4, 0.5) is 11.4 Å². The van der Waals surface area contributed by atoms with Gasteiger partial charge in [0, 0.05) is 5.69 Å². The Bertz CT molecular complexity index is 557. The summed E-state index contributed by atoms with van der Waals surface area (Å²) in [5, 5.41) is 11.9. The minimum atomic E-state index is -0.423. The molecule has 0 spiro atoms. The molecule has 0 aliphatic carbocycles. The first-order chi connectivity index (χ1) is 8.18. The molecule has 6 nitrogen and oxygen atoms in total. The van der Waals surface area contributed by atoms with Gasteiger partial charge in [-0.1, -0.05) is 12.1 Å². The van der Waals surface area contributed by atoms with Gasteiger partial charge in [0.2, 0.25) is 5.88 Å². The van der Waals surface area contributed by atoms with Gasteiger partial charge in [-0.3, -0.25) is 4.79 Å². The first-order valence-corrected chi connectivity index (χ1v) is 4.83. The zero-order valence-electron chi connectivity index (χ0n) is 8.79. The number of nitrogens with one attached hydrogen (secondary N) is 1. The van der Waals surface area contributed by atoms with Crippen LogP contribution in [0.3, 0.4) is 0 Å². The van der Waals surface area contributed by atoms with Crippen LogP contribution >= 0.6 is 0 Å². The average molecular weight is 230 g/mol. The number of nitrogens with two attached hydrogens (primary N) is 1. The fourth-order valence-corrected chi connectivity index (χ4v) is 1.30. The summed E-state index contributed by atoms with van der Waals surface area (Å²) < 4.78 is 0. The van der Waals surface area contributed by atoms with Crippen molar-refractivity contribution in [2.75, 3.05) is 11.1 Å². The molecule has 4 N–H and O–H groups in total. The molecule has 0 bridgehead atoms. The third kappa shape index (κ3) is 2.31. The maximum absolute atomic E-state index is 11.8. The van der Waals surface area contributed by atoms with Crippen LogP contribution in [0.2, 0.25) is 0 Å². The molecule has 1 amide bonds. The summed E-state index contributed by atoms with van der Waals surface area (Å²) in [5.74, 6) is -0.712. The number of nitrogens with zero attached hydrogens (tertiary/aromatic N) is 2. The second-order valence-electron chi connectivity index (χ2n) is 3.30. The van der Waals surface area contributed by atoms with E-state index in [-0.39, 0.29) is 11.6 Å². The molecular formula is C11H10N4O2. The van der Waals surface area contributed by atoms with E-state index in [9.17, 15) is 9.90 Å². The van der Waals surface area contributed by atoms with Crippen molar-refractivity contribution in [3.05, 3.63) is 42.4 Å². The minimum absolute atomic E-state index is 0.140. The Morgan fingerprint density at radius 2 is 2.12 bits per heavy atom. The molecule has 17 heavy (non-hydrogen) atoms. The molecule has 0 aliphatic rings. The van der Waals surface area contributed by atoms with Crippen molar-refractivity contribution < 1.29 is 9.90 Å². The molecule has 0 saturated heterocycles. The quantitative estimate of drug-likeness (QED) is 0.668. The van der Waals surface area contributed by atoms with Crippen molar-refractivity contribution in [1.29, 1.82) is 0 Å². The third-order valence-electron chi connectivity index (χ3n) is 2.14. The largest absolute Gasteiger partial charge is 0.492 e. The lowest BCUT2D eigenvalue weighted by atomic mass is 10.1. The lowest BCUT2D eigenvalue weighted by molar-refractivity contribution is 0.102. The van der Waals surface area contributed by atoms with E-state index in [4.69, 9.17) is 5.73 Å². The second kappa shape index (κ2) is 4.48. The number of aromatic nitrogens is 2. The first-order valence-electron chi connectivity index (χ1n) is 4.83. The Morgan fingerprint density at radius 3 is 2.82 bits per heavy atom. The van der Waals surface area contributed by atoms with Crippen LogP contribution in [0.25, 0.3) is 0 Å². The van der Waals surface area contributed by atoms with E-state index in [0.717, 1.165) is 0 Å². The number of rotatable bonds is 2. The number of carbonyl (C=O) groups excluding carboxylic acids is 1. The molecule has 0 radical (unpaired) electrons. The Balaban J connectivity index is 2.24. The highest BCUT2D eigenvalue weighted by atomic mass is 16.3. The summed E-state index contributed by atoms with van der Waals surface area (Å²) in [5.41, 5.74) is 6.49. The third-order valence-corrected chi connectivity index (χ3v) is 2.14. The number of benzene rings is 1. The Labute approximate surface area is 97.1 Å². The van der Waals surface area contributed by atoms with Gasteiger partial charge in [-0.15, -0.1) is 0 Å². The summed E-state index contributed by atoms with van der Waals surface area (Å²) in [6.07, 6.45) is 2.49. The van der Waals surface area contributed by atoms with Crippen LogP contribution in [0.1, 0.15) is 10.4 Å². The Morgan fingerprint density at radius 1 is 1.35 bits per heavy atom. The molecule has 0 saturated carbocycles. The monoisotopic (exact) mass is 230 g/mol. The molecule has 0 fully saturated rings. The normalized spacial score (nSPS) is 9.88. The Kier molecular flexibility index (Phi) is 2.87. The number of hydrogen-bond acceptors (Lipinski definition) is 5. The van der Waals surface area contributed by atoms with Gasteiger partial charge >= 0.3 is 0 Å². The fourth-order valence-electron chi connectivity index (χ4n) is 1.30. The smallest absolute Gasteiger partial charge is 0.257 e. The lowest BCUT2D eigenvalue weighted by Crippen LogP contribution is -2.14. The number of amides is 1. The molecule has 2 rings (SSSR count). The number of aromatic hydroxyl groups is 1. The van der Waals surface area contributed by atoms with Crippen molar-refractivity contribution in [2.45, 2.75) is 0 Å². The van der Waals surface area contributed by atoms with E-state index in [1.54, 1.807) is 24.3 Å². The van der Waals surface area contributed by atoms with Crippen LogP contribution in [-0.4, -0.2) is 21.0 Å². The highest BCUT2D eigenvalue weighted by Crippen LogP contribution is 2.19. The van der Waals surface area contributed by atoms with Crippen molar-refractivity contribution in [1.82, 2.24) is 9.97 Å². The summed E-state index contributed by atoms with van der Waals surface area (Å²) in [7, 11) is 0. The number of anilines is 2. The zero-order valence-corrected chi connectivity index (χ0v) is 8.79. The second-order valence-corrected chi connectivity index (χ2v) is 3.30. The SMILES string of the molecule is Nc1ccccc1C(=O)Nc1cncnc1O. The Hall–Kier alpha value is -2.63. The maximum Gasteiger partial charge on any atom is 0.257 e. The molecule has 1 heterocycles. The van der Waals surface area contributed by atoms with Crippen molar-refractivity contribution in [2.24, 2.45) is 0 Å². The topological polar surface area (TPSA) is 101 Å². The number of para-hydroxylation sites is 1. The van der Waals surface area contributed by atoms with Crippen molar-refractivity contribution in [3.8, 4) is 5.88 Å². The first kappa shape index (κ1) is 10.9. The number of carbonyl (C=O) groups is 1. The highest BCUT2D eigenvalue weighted by molar-refractivity contribution is 6.08. The van der Waals surface area contributed by atoms with E-state index in [1.807, 2.05) is 0 Å². The summed E-state index contributed by atoms with van der Waals surface area (Å²) in [6, 6.07) is 6.64. The average Bonchev–Trinajstić information content (AvgIpc) is 2.32. The van der Waals surface area contributed by atoms with Gasteiger partial charge in [0.25, 0.3) is 5.91 Å². The van der Waals surface area contributed by atoms with Gasteiger partial charge in [-0.25, -0.2) is 9.97 Å². The molecular weight excluding hydrogens is 220 g/mol. The highest BCUT2D eigenvalue weighted by Gasteiger charge is 2.11. The predicted octanol–water partition coefficient (Wildman–Crippen LogP) is 1.02. The number of hydrogen-bond donors (Lipinski definition) is 3. The molecule has 0 atom stereocenters. The van der Waals surface area contributed by atoms with Crippen LogP contribution < -0.4 is 11.1 Å². The van der Waals surface area contributed by atoms with E-state index >= 15 is 0 Å². The van der Waals surface area contributed by atoms with Crippen molar-refractivity contribution in [3.63, 3.8) is 0 Å². The van der Waals surface area contributed by atoms with Crippen LogP contribution in [0.15, 0.2) is 36.8 Å². The van der Waals surface area contributed by atoms with Gasteiger partial charge in [0.15, 0.2) is 0 Å². The summed E-state index contributed by atoms with van der Waals surface area (Å²) in [6.45, 7) is 0. The van der Waals surface area contributed by atoms with Crippen LogP contribution in [0, 0.1) is 0 Å². The van der Waals surface area contributed by atoms with Gasteiger partial charge in [-0.05, 0) is 12.1 Å². The van der Waals surface area contributed by atoms with Crippen molar-refractivity contribution >= 4 is 17.3 Å². The maximum atomic E-state index is 11.8. The zero-order chi connectivity index (χ0) is 12.3. The summed E-state index contributed by atoms with van der Waals surface area (Å²) >= 11 is 0. The van der Waals surface area contributed by atoms with E-state index in [2.05, 4.69) is 15.3 Å². The summed E-state index contributed by atoms with van der Waals surface area (Å²) in [4.78, 5) is 19.1. The standard InChI is InChI=1S/C11H10N4O2/c12-8-4-2-1-3-7(8)10(16)15-9-5-13-6-14-11(9)17/h1-6H,12H2,(H,15,16)(H,13,14,17). The predicted molar refractivity (Wildman–Crippen MR) is 62.5 cm³/mol.